The van der Waals surface area contributed by atoms with E-state index in [-0.39, 0.29) is 30.6 Å². The second-order valence-corrected chi connectivity index (χ2v) is 43.7. The zero-order chi connectivity index (χ0) is 97.4. The van der Waals surface area contributed by atoms with Crippen LogP contribution in [0.3, 0.4) is 0 Å². The number of pyridine rings is 7. The number of fused-ring (bicyclic) bond motifs is 7. The van der Waals surface area contributed by atoms with E-state index in [9.17, 15) is 45.6 Å². The predicted octanol–water partition coefficient (Wildman–Crippen LogP) is 25.8. The van der Waals surface area contributed by atoms with E-state index in [0.717, 1.165) is 185 Å². The second kappa shape index (κ2) is 49.0. The molecule has 0 bridgehead atoms. The van der Waals surface area contributed by atoms with Crippen LogP contribution in [0.2, 0.25) is 35.2 Å². The minimum Gasteiger partial charge on any atom is -0.396 e. The summed E-state index contributed by atoms with van der Waals surface area (Å²) in [5.41, 5.74) is 12.5. The number of carbonyl (C=O) groups excluding carboxylic acids is 1. The quantitative estimate of drug-likeness (QED) is 0.0361. The topological polar surface area (TPSA) is 312 Å². The van der Waals surface area contributed by atoms with Gasteiger partial charge in [-0.2, -0.15) is 0 Å². The molecule has 7 aliphatic carbocycles. The van der Waals surface area contributed by atoms with Gasteiger partial charge in [0.25, 0.3) is 5.91 Å². The number of amides is 1. The molecule has 22 rings (SSSR count). The maximum absolute atomic E-state index is 12.5. The van der Waals surface area contributed by atoms with E-state index in [4.69, 9.17) is 81.2 Å². The van der Waals surface area contributed by atoms with Crippen LogP contribution in [0.1, 0.15) is 312 Å². The van der Waals surface area contributed by atoms with Crippen LogP contribution in [0, 0.1) is 50.4 Å². The van der Waals surface area contributed by atoms with Gasteiger partial charge >= 0.3 is 0 Å². The predicted molar refractivity (Wildman–Crippen MR) is 559 cm³/mol. The highest BCUT2D eigenvalue weighted by Crippen LogP contribution is 2.48. The molecule has 7 aliphatic rings. The van der Waals surface area contributed by atoms with E-state index >= 15 is 0 Å². The molecule has 9 atom stereocenters. The van der Waals surface area contributed by atoms with Crippen molar-refractivity contribution < 1.29 is 45.6 Å². The first-order valence-electron chi connectivity index (χ1n) is 49.6. The number of nitrogens with one attached hydrogen (secondary N) is 1. The number of nitrogens with zero attached hydrogens (tertiary/aromatic N) is 14. The molecule has 24 nitrogen and oxygen atoms in total. The fourth-order valence-electron chi connectivity index (χ4n) is 22.2. The van der Waals surface area contributed by atoms with Crippen LogP contribution >= 0.6 is 104 Å². The first-order valence-corrected chi connectivity index (χ1v) is 53.3. The van der Waals surface area contributed by atoms with E-state index in [1.807, 2.05) is 97.7 Å². The third-order valence-electron chi connectivity index (χ3n) is 29.9. The average Bonchev–Trinajstić information content (AvgIpc) is 1.58. The Hall–Kier alpha value is -8.04. The van der Waals surface area contributed by atoms with Crippen LogP contribution in [0.5, 0.6) is 0 Å². The minimum absolute atomic E-state index is 0.00310. The van der Waals surface area contributed by atoms with Gasteiger partial charge in [-0.25, -0.2) is 34.9 Å². The van der Waals surface area contributed by atoms with Crippen LogP contribution in [0.25, 0.3) is 38.6 Å². The maximum atomic E-state index is 12.5. The number of hydrogen-bond acceptors (Lipinski definition) is 16. The summed E-state index contributed by atoms with van der Waals surface area (Å²) >= 11 is 45.1. The molecule has 9 N–H and O–H groups in total. The smallest absolute Gasteiger partial charge is 0.251 e. The number of halogens is 8. The molecule has 0 aliphatic heterocycles. The molecule has 14 aromatic heterocycles. The molecule has 9 unspecified atom stereocenters. The fourth-order valence-corrected chi connectivity index (χ4v) is 24.4. The van der Waals surface area contributed by atoms with E-state index in [2.05, 4.69) is 81.9 Å². The summed E-state index contributed by atoms with van der Waals surface area (Å²) in [7, 11) is 0. The molecular weight excluding hydrogens is 2010 g/mol. The van der Waals surface area contributed by atoms with Gasteiger partial charge in [-0.1, -0.05) is 216 Å². The molecule has 740 valence electrons. The van der Waals surface area contributed by atoms with Gasteiger partial charge < -0.3 is 77.0 Å². The lowest BCUT2D eigenvalue weighted by Crippen LogP contribution is -2.39. The standard InChI is InChI=1S/C21H21Cl2N3O2.C15H19ClN2O2.2C15H19ClN2O.C14H17ClN2O.C14H17IN2O.C13H15ClN2O/c22-15-5-1-4-14(7-15)21(28)25-17-6-2-3-13(8-17)20(27)19-10-16(23)9-18-11-24-12-26(18)19;16-11-6-12-8-17-10-18(12)13(7-11)14(20)15(9-19)4-2-1-3-5-15;1-10-2-4-11(5-3-10)15(19)14-7-12(16)6-13-8-17-9-18(13)14;16-12-7-13-9-17-10-18(13)14(8-12)15(19)6-11-4-2-1-3-5-11;2*15-11-6-12-8-16-9-17(12)13(7-11)14(18)10-4-2-1-3-5-10;14-10-5-11-7-15-8-16(11)12(6-10)13(17)9-3-1-2-4-9/h1,4-5,7,9-13,17,20,27H,2-3,6,8H2,(H,25,28);6-8,10,14,19-20H,1-5,9H2;6-11,15,19H,2-5H2,1H3;7-11,15,19H,1-6H2;2*6-10,14,18H,1-5H2;5-9,13,17H,1-4H2. The van der Waals surface area contributed by atoms with E-state index < -0.39 is 42.0 Å². The van der Waals surface area contributed by atoms with Gasteiger partial charge in [0.2, 0.25) is 0 Å². The number of benzene rings is 1. The van der Waals surface area contributed by atoms with E-state index in [0.29, 0.717) is 82.4 Å². The summed E-state index contributed by atoms with van der Waals surface area (Å²) in [6, 6.07) is 33.2. The van der Waals surface area contributed by atoms with Gasteiger partial charge in [0, 0.05) is 55.7 Å². The summed E-state index contributed by atoms with van der Waals surface area (Å²) in [4.78, 5) is 41.5. The van der Waals surface area contributed by atoms with Gasteiger partial charge in [-0.15, -0.1) is 0 Å². The molecule has 32 heteroatoms. The molecule has 15 aromatic rings. The van der Waals surface area contributed by atoms with Crippen molar-refractivity contribution in [1.82, 2.24) is 71.0 Å². The number of carbonyl (C=O) groups is 1. The molecule has 0 saturated heterocycles. The second-order valence-electron chi connectivity index (χ2n) is 39.4. The lowest BCUT2D eigenvalue weighted by molar-refractivity contribution is -0.0473. The molecule has 7 fully saturated rings. The average molecular weight is 2140 g/mol. The van der Waals surface area contributed by atoms with Gasteiger partial charge in [-0.05, 0) is 257 Å². The third-order valence-corrected chi connectivity index (χ3v) is 32.1. The van der Waals surface area contributed by atoms with Crippen LogP contribution < -0.4 is 5.32 Å². The Morgan fingerprint density at radius 3 is 1.06 bits per heavy atom. The first kappa shape index (κ1) is 104. The minimum atomic E-state index is -0.733. The van der Waals surface area contributed by atoms with Crippen LogP contribution in [-0.2, 0) is 0 Å². The molecule has 1 amide bonds. The van der Waals surface area contributed by atoms with E-state index in [1.54, 1.807) is 118 Å². The molecular formula is C107H127Cl7IN15O9. The van der Waals surface area contributed by atoms with Gasteiger partial charge in [0.1, 0.15) is 6.10 Å². The summed E-state index contributed by atoms with van der Waals surface area (Å²) in [6.07, 6.45) is 57.8. The molecule has 0 radical (unpaired) electrons. The Morgan fingerprint density at radius 2 is 0.676 bits per heavy atom. The molecule has 14 heterocycles. The number of aliphatic hydroxyl groups is 8. The zero-order valence-electron chi connectivity index (χ0n) is 78.4. The molecule has 139 heavy (non-hydrogen) atoms. The van der Waals surface area contributed by atoms with Crippen molar-refractivity contribution in [2.75, 3.05) is 6.61 Å². The number of imidazole rings is 7. The Bertz CT molecular complexity index is 6420. The lowest BCUT2D eigenvalue weighted by atomic mass is 9.70. The molecule has 7 saturated carbocycles. The van der Waals surface area contributed by atoms with Crippen LogP contribution in [0.15, 0.2) is 197 Å². The molecule has 0 spiro atoms. The highest BCUT2D eigenvalue weighted by molar-refractivity contribution is 14.1. The number of rotatable bonds is 18. The van der Waals surface area contributed by atoms with Crippen LogP contribution in [-0.4, -0.2) is 125 Å². The van der Waals surface area contributed by atoms with Gasteiger partial charge in [0.05, 0.1) is 209 Å². The van der Waals surface area contributed by atoms with Crippen molar-refractivity contribution in [2.24, 2.45) is 46.8 Å². The zero-order valence-corrected chi connectivity index (χ0v) is 85.9. The van der Waals surface area contributed by atoms with Gasteiger partial charge in [-0.3, -0.25) is 4.79 Å². The Morgan fingerprint density at radius 1 is 0.360 bits per heavy atom. The summed E-state index contributed by atoms with van der Waals surface area (Å²) in [5, 5.41) is 92.0. The fraction of sp³-hybridized carbons (Fsp3) is 0.477. The summed E-state index contributed by atoms with van der Waals surface area (Å²) in [5.74, 6) is 2.77. The largest absolute Gasteiger partial charge is 0.396 e. The Labute approximate surface area is 860 Å². The highest BCUT2D eigenvalue weighted by Gasteiger charge is 2.41. The number of aromatic nitrogens is 14. The normalized spacial score (nSPS) is 20.5. The Kier molecular flexibility index (Phi) is 36.6. The highest BCUT2D eigenvalue weighted by atomic mass is 127. The van der Waals surface area contributed by atoms with Crippen molar-refractivity contribution in [3.63, 3.8) is 0 Å². The summed E-state index contributed by atoms with van der Waals surface area (Å²) in [6.45, 7) is 2.28. The summed E-state index contributed by atoms with van der Waals surface area (Å²) < 4.78 is 14.6. The van der Waals surface area contributed by atoms with Crippen molar-refractivity contribution in [2.45, 2.75) is 268 Å². The monoisotopic (exact) mass is 2140 g/mol. The van der Waals surface area contributed by atoms with Crippen molar-refractivity contribution >= 4 is 148 Å². The number of aliphatic hydroxyl groups excluding tert-OH is 8. The number of hydrogen-bond donors (Lipinski definition) is 9. The molecule has 1 aromatic carbocycles. The van der Waals surface area contributed by atoms with E-state index in [1.165, 1.54) is 103 Å². The maximum Gasteiger partial charge on any atom is 0.251 e. The SMILES string of the molecule is CC1CCC(C(O)c2cc(Cl)cc3cncn23)CC1.O=C(NC1CCCC(C(O)c2cc(Cl)cc3cncn23)C1)c1cccc(Cl)c1.OC(CC1CCCCC1)c1cc(Cl)cc2cncn12.OC(c1cc(Cl)cc2cncn12)C1CCCC1.OC(c1cc(Cl)cc2cncn12)C1CCCCC1.OC(c1cc(I)cc2cncn12)C1CCCCC1.OCC1(C(O)c2cc(Cl)cc3cncn23)CCCCC1. The van der Waals surface area contributed by atoms with Crippen LogP contribution in [0.4, 0.5) is 0 Å². The van der Waals surface area contributed by atoms with Gasteiger partial charge in [0.15, 0.2) is 0 Å². The lowest BCUT2D eigenvalue weighted by Gasteiger charge is -2.40. The van der Waals surface area contributed by atoms with Crippen molar-refractivity contribution in [1.29, 1.82) is 0 Å². The van der Waals surface area contributed by atoms with Crippen molar-refractivity contribution in [3.8, 4) is 0 Å². The van der Waals surface area contributed by atoms with Crippen molar-refractivity contribution in [3.05, 3.63) is 281 Å². The first-order chi connectivity index (χ1) is 67.3. The Balaban J connectivity index is 0.000000118. The third kappa shape index (κ3) is 26.0.